The summed E-state index contributed by atoms with van der Waals surface area (Å²) in [4.78, 5) is 27.4. The molecular weight excluding hydrogens is 431 g/mol. The molecule has 1 fully saturated rings. The van der Waals surface area contributed by atoms with Gasteiger partial charge in [-0.2, -0.15) is 10.1 Å². The van der Waals surface area contributed by atoms with E-state index in [0.29, 0.717) is 27.7 Å². The van der Waals surface area contributed by atoms with Crippen molar-refractivity contribution in [1.29, 1.82) is 5.26 Å². The molecule has 1 saturated carbocycles. The number of aromatic nitrogens is 3. The van der Waals surface area contributed by atoms with Gasteiger partial charge in [0.15, 0.2) is 18.1 Å². The number of hydrogen-bond donors (Lipinski definition) is 0. The lowest BCUT2D eigenvalue weighted by atomic mass is 9.86. The van der Waals surface area contributed by atoms with Crippen molar-refractivity contribution in [1.82, 2.24) is 14.5 Å². The van der Waals surface area contributed by atoms with Gasteiger partial charge in [-0.3, -0.25) is 4.79 Å². The van der Waals surface area contributed by atoms with Crippen LogP contribution in [0.3, 0.4) is 0 Å². The van der Waals surface area contributed by atoms with E-state index in [1.54, 1.807) is 19.2 Å². The van der Waals surface area contributed by atoms with Gasteiger partial charge >= 0.3 is 5.82 Å². The molecule has 0 aromatic carbocycles. The monoisotopic (exact) mass is 451 g/mol. The minimum Gasteiger partial charge on any atom is -0.369 e. The van der Waals surface area contributed by atoms with Crippen LogP contribution >= 0.6 is 11.6 Å². The predicted octanol–water partition coefficient (Wildman–Crippen LogP) is 4.65. The molecule has 4 rings (SSSR count). The second-order valence-electron chi connectivity index (χ2n) is 7.89. The highest BCUT2D eigenvalue weighted by Gasteiger charge is 2.29. The summed E-state index contributed by atoms with van der Waals surface area (Å²) in [5, 5.41) is 10.0. The zero-order valence-corrected chi connectivity index (χ0v) is 18.5. The van der Waals surface area contributed by atoms with Crippen LogP contribution in [0.2, 0.25) is 5.15 Å². The maximum atomic E-state index is 13.0. The number of anilines is 1. The first-order valence-corrected chi connectivity index (χ1v) is 10.7. The average molecular weight is 452 g/mol. The summed E-state index contributed by atoms with van der Waals surface area (Å²) in [6.45, 7) is 0. The molecule has 0 aliphatic heterocycles. The molecule has 0 amide bonds. The third kappa shape index (κ3) is 4.15. The number of nitriles is 1. The number of rotatable bonds is 2. The van der Waals surface area contributed by atoms with E-state index >= 15 is 0 Å². The molecule has 1 aliphatic carbocycles. The summed E-state index contributed by atoms with van der Waals surface area (Å²) >= 11 is 6.14. The second kappa shape index (κ2) is 8.94. The minimum absolute atomic E-state index is 0.0647. The van der Waals surface area contributed by atoms with Crippen LogP contribution in [0.4, 0.5) is 15.9 Å². The molecule has 9 heteroatoms. The van der Waals surface area contributed by atoms with E-state index in [9.17, 15) is 14.4 Å². The molecule has 0 atom stereocenters. The van der Waals surface area contributed by atoms with Gasteiger partial charge in [-0.15, -0.1) is 0 Å². The topological polar surface area (TPSA) is 79.2 Å². The van der Waals surface area contributed by atoms with Gasteiger partial charge in [-0.25, -0.2) is 9.37 Å². The molecule has 162 valence electrons. The Morgan fingerprint density at radius 1 is 1.25 bits per heavy atom. The predicted molar refractivity (Wildman–Crippen MR) is 122 cm³/mol. The molecule has 7 nitrogen and oxygen atoms in total. The van der Waals surface area contributed by atoms with Crippen LogP contribution < -0.4 is 10.5 Å². The molecule has 0 N–H and O–H groups in total. The molecule has 32 heavy (non-hydrogen) atoms. The lowest BCUT2D eigenvalue weighted by Gasteiger charge is -2.35. The Hall–Kier alpha value is -3.49. The largest absolute Gasteiger partial charge is 0.425 e. The number of nitrogens with zero attached hydrogens (tertiary/aromatic N) is 6. The molecule has 3 heterocycles. The lowest BCUT2D eigenvalue weighted by molar-refractivity contribution is 0.374. The van der Waals surface area contributed by atoms with E-state index in [1.165, 1.54) is 16.7 Å². The van der Waals surface area contributed by atoms with Gasteiger partial charge < -0.3 is 9.47 Å². The second-order valence-corrected chi connectivity index (χ2v) is 8.28. The Balaban J connectivity index is 1.59. The highest BCUT2D eigenvalue weighted by molar-refractivity contribution is 6.29. The number of fused-ring (bicyclic) bond motifs is 1. The summed E-state index contributed by atoms with van der Waals surface area (Å²) in [7, 11) is 3.52. The van der Waals surface area contributed by atoms with Crippen molar-refractivity contribution in [3.8, 4) is 12.1 Å². The number of hydrogen-bond acceptors (Lipinski definition) is 5. The lowest BCUT2D eigenvalue weighted by Crippen LogP contribution is -2.37. The highest BCUT2D eigenvalue weighted by Crippen LogP contribution is 2.34. The molecule has 0 bridgehead atoms. The first-order valence-electron chi connectivity index (χ1n) is 10.3. The van der Waals surface area contributed by atoms with E-state index in [4.69, 9.17) is 11.6 Å². The van der Waals surface area contributed by atoms with Crippen LogP contribution in [0.15, 0.2) is 35.3 Å². The maximum absolute atomic E-state index is 13.0. The van der Waals surface area contributed by atoms with Gasteiger partial charge in [0.05, 0.1) is 23.2 Å². The molecule has 3 aromatic heterocycles. The molecule has 0 saturated heterocycles. The molecule has 0 spiro atoms. The third-order valence-corrected chi connectivity index (χ3v) is 6.17. The maximum Gasteiger partial charge on any atom is 0.425 e. The van der Waals surface area contributed by atoms with E-state index in [1.807, 2.05) is 11.9 Å². The van der Waals surface area contributed by atoms with Crippen LogP contribution in [0.5, 0.6) is 0 Å². The number of halogens is 2. The van der Waals surface area contributed by atoms with Gasteiger partial charge in [0.25, 0.3) is 5.56 Å². The van der Waals surface area contributed by atoms with Gasteiger partial charge in [0.1, 0.15) is 22.3 Å². The zero-order chi connectivity index (χ0) is 22.8. The van der Waals surface area contributed by atoms with Crippen molar-refractivity contribution in [3.63, 3.8) is 0 Å². The number of pyridine rings is 3. The Morgan fingerprint density at radius 2 is 2.00 bits per heavy atom. The van der Waals surface area contributed by atoms with Gasteiger partial charge in [-0.05, 0) is 48.9 Å². The van der Waals surface area contributed by atoms with Crippen molar-refractivity contribution in [2.45, 2.75) is 31.7 Å². The van der Waals surface area contributed by atoms with E-state index in [2.05, 4.69) is 27.0 Å². The summed E-state index contributed by atoms with van der Waals surface area (Å²) in [5.74, 6) is 0.192. The molecule has 1 aliphatic rings. The molecule has 0 unspecified atom stereocenters. The quantitative estimate of drug-likeness (QED) is 0.530. The fourth-order valence-electron chi connectivity index (χ4n) is 4.18. The van der Waals surface area contributed by atoms with Gasteiger partial charge in [-0.1, -0.05) is 11.6 Å². The zero-order valence-electron chi connectivity index (χ0n) is 17.7. The first-order chi connectivity index (χ1) is 15.4. The van der Waals surface area contributed by atoms with Crippen LogP contribution in [-0.2, 0) is 7.05 Å². The van der Waals surface area contributed by atoms with Crippen molar-refractivity contribution in [2.24, 2.45) is 13.0 Å². The van der Waals surface area contributed by atoms with Crippen molar-refractivity contribution in [3.05, 3.63) is 62.2 Å². The summed E-state index contributed by atoms with van der Waals surface area (Å²) in [6, 6.07) is 11.5. The minimum atomic E-state index is -0.400. The van der Waals surface area contributed by atoms with Crippen LogP contribution in [0.25, 0.3) is 15.9 Å². The van der Waals surface area contributed by atoms with Crippen LogP contribution in [0.1, 0.15) is 31.2 Å². The fourth-order valence-corrected chi connectivity index (χ4v) is 4.33. The van der Waals surface area contributed by atoms with Gasteiger partial charge in [0.2, 0.25) is 0 Å². The van der Waals surface area contributed by atoms with Crippen LogP contribution in [0, 0.1) is 29.1 Å². The van der Waals surface area contributed by atoms with E-state index in [-0.39, 0.29) is 23.1 Å². The summed E-state index contributed by atoms with van der Waals surface area (Å²) in [5.41, 5.74) is 1.39. The number of aryl methyl sites for hydroxylation is 1. The van der Waals surface area contributed by atoms with Crippen LogP contribution in [-0.4, -0.2) is 27.6 Å². The van der Waals surface area contributed by atoms with Crippen molar-refractivity contribution in [2.75, 3.05) is 11.9 Å². The first kappa shape index (κ1) is 21.7. The van der Waals surface area contributed by atoms with E-state index in [0.717, 1.165) is 31.9 Å². The standard InChI is InChI=1S/C23H21ClFN6O/c1-30(16-6-3-14(4-7-16)12-27-20-10-5-15(25)13-28-20)22-17(11-26)23(32)31(2)18-8-9-19(24)29-21(18)22/h5,8-10,13-14,16H,3-4,6-7H2,1-2H3/q+1. The Labute approximate surface area is 189 Å². The smallest absolute Gasteiger partial charge is 0.369 e. The Bertz CT molecular complexity index is 1330. The van der Waals surface area contributed by atoms with Crippen molar-refractivity contribution >= 4 is 34.1 Å². The Kier molecular flexibility index (Phi) is 6.07. The Morgan fingerprint density at radius 3 is 2.66 bits per heavy atom. The third-order valence-electron chi connectivity index (χ3n) is 5.96. The summed E-state index contributed by atoms with van der Waals surface area (Å²) in [6.07, 6.45) is 4.50. The van der Waals surface area contributed by atoms with Gasteiger partial charge in [0, 0.05) is 20.1 Å². The SMILES string of the molecule is CN(c1c(C#N)c(=O)n(C)c2ccc(Cl)nc12)C1CCC(C#[N+]c2ccc(F)cn2)CC1. The highest BCUT2D eigenvalue weighted by atomic mass is 35.5. The summed E-state index contributed by atoms with van der Waals surface area (Å²) < 4.78 is 14.4. The molecular formula is C23H21ClFN6O+. The normalized spacial score (nSPS) is 18.0. The molecule has 3 aromatic rings. The van der Waals surface area contributed by atoms with E-state index < -0.39 is 5.82 Å². The average Bonchev–Trinajstić information content (AvgIpc) is 2.80. The fraction of sp³-hybridized carbons (Fsp3) is 0.348. The molecule has 0 radical (unpaired) electrons. The van der Waals surface area contributed by atoms with Crippen molar-refractivity contribution < 1.29 is 4.39 Å².